The lowest BCUT2D eigenvalue weighted by Crippen LogP contribution is -2.33. The summed E-state index contributed by atoms with van der Waals surface area (Å²) in [7, 11) is -1.22. The van der Waals surface area contributed by atoms with Crippen LogP contribution in [0.15, 0.2) is 109 Å². The third-order valence-corrected chi connectivity index (χ3v) is 6.21. The molecule has 3 aromatic rings. The van der Waals surface area contributed by atoms with E-state index in [0.717, 1.165) is 21.7 Å². The van der Waals surface area contributed by atoms with Gasteiger partial charge in [0.2, 0.25) is 0 Å². The Bertz CT molecular complexity index is 933. The Balaban J connectivity index is 1.90. The van der Waals surface area contributed by atoms with Crippen molar-refractivity contribution in [3.05, 3.63) is 115 Å². The SMILES string of the molecule is C=CC(C(/C=C/c1ccccc1)Nc1ccccc1)S(=O)c1ccc(C)cc1. The van der Waals surface area contributed by atoms with E-state index in [4.69, 9.17) is 0 Å². The molecular weight excluding hydrogens is 362 g/mol. The van der Waals surface area contributed by atoms with Crippen LogP contribution in [0.4, 0.5) is 5.69 Å². The monoisotopic (exact) mass is 387 g/mol. The fraction of sp³-hybridized carbons (Fsp3) is 0.120. The van der Waals surface area contributed by atoms with E-state index in [-0.39, 0.29) is 11.3 Å². The van der Waals surface area contributed by atoms with Crippen molar-refractivity contribution in [2.45, 2.75) is 23.1 Å². The Hall–Kier alpha value is -2.91. The van der Waals surface area contributed by atoms with Crippen molar-refractivity contribution < 1.29 is 4.21 Å². The summed E-state index contributed by atoms with van der Waals surface area (Å²) in [6, 6.07) is 27.8. The first-order valence-corrected chi connectivity index (χ1v) is 10.5. The number of hydrogen-bond donors (Lipinski definition) is 1. The molecule has 3 atom stereocenters. The molecule has 0 aliphatic carbocycles. The molecule has 0 spiro atoms. The van der Waals surface area contributed by atoms with Crippen LogP contribution in [0.3, 0.4) is 0 Å². The Morgan fingerprint density at radius 3 is 2.11 bits per heavy atom. The predicted octanol–water partition coefficient (Wildman–Crippen LogP) is 5.85. The lowest BCUT2D eigenvalue weighted by molar-refractivity contribution is 0.673. The van der Waals surface area contributed by atoms with Crippen LogP contribution in [0.5, 0.6) is 0 Å². The highest BCUT2D eigenvalue weighted by molar-refractivity contribution is 7.86. The van der Waals surface area contributed by atoms with Crippen LogP contribution in [-0.2, 0) is 10.8 Å². The molecule has 28 heavy (non-hydrogen) atoms. The van der Waals surface area contributed by atoms with Gasteiger partial charge < -0.3 is 5.32 Å². The van der Waals surface area contributed by atoms with Crippen molar-refractivity contribution in [3.63, 3.8) is 0 Å². The van der Waals surface area contributed by atoms with E-state index in [1.54, 1.807) is 6.08 Å². The summed E-state index contributed by atoms with van der Waals surface area (Å²) in [6.07, 6.45) is 5.91. The fourth-order valence-corrected chi connectivity index (χ4v) is 4.26. The van der Waals surface area contributed by atoms with Gasteiger partial charge in [-0.15, -0.1) is 6.58 Å². The highest BCUT2D eigenvalue weighted by Crippen LogP contribution is 2.20. The highest BCUT2D eigenvalue weighted by Gasteiger charge is 2.23. The van der Waals surface area contributed by atoms with Gasteiger partial charge in [-0.05, 0) is 36.8 Å². The molecule has 2 nitrogen and oxygen atoms in total. The van der Waals surface area contributed by atoms with Crippen LogP contribution in [0, 0.1) is 6.92 Å². The molecule has 0 aromatic heterocycles. The molecule has 3 unspecified atom stereocenters. The van der Waals surface area contributed by atoms with Gasteiger partial charge in [-0.3, -0.25) is 4.21 Å². The summed E-state index contributed by atoms with van der Waals surface area (Å²) in [5.74, 6) is 0. The molecule has 0 heterocycles. The maximum atomic E-state index is 13.3. The molecule has 0 aliphatic rings. The molecule has 0 bridgehead atoms. The maximum Gasteiger partial charge on any atom is 0.0809 e. The smallest absolute Gasteiger partial charge is 0.0809 e. The minimum atomic E-state index is -1.22. The van der Waals surface area contributed by atoms with Crippen molar-refractivity contribution >= 4 is 22.6 Å². The molecule has 0 radical (unpaired) electrons. The minimum Gasteiger partial charge on any atom is -0.377 e. The van der Waals surface area contributed by atoms with Crippen molar-refractivity contribution in [1.29, 1.82) is 0 Å². The number of nitrogens with one attached hydrogen (secondary N) is 1. The summed E-state index contributed by atoms with van der Waals surface area (Å²) in [5.41, 5.74) is 3.24. The van der Waals surface area contributed by atoms with Crippen molar-refractivity contribution in [3.8, 4) is 0 Å². The van der Waals surface area contributed by atoms with E-state index in [2.05, 4.69) is 36.2 Å². The standard InChI is InChI=1S/C25H25NOS/c1-3-25(28(27)23-17-14-20(2)15-18-23)24(26-22-12-8-5-9-13-22)19-16-21-10-6-4-7-11-21/h3-19,24-26H,1H2,2H3/b19-16+. The number of rotatable bonds is 8. The van der Waals surface area contributed by atoms with E-state index in [1.807, 2.05) is 79.7 Å². The lowest BCUT2D eigenvalue weighted by Gasteiger charge is -2.24. The van der Waals surface area contributed by atoms with Crippen LogP contribution >= 0.6 is 0 Å². The second-order valence-corrected chi connectivity index (χ2v) is 8.23. The Morgan fingerprint density at radius 1 is 0.893 bits per heavy atom. The number of para-hydroxylation sites is 1. The second kappa shape index (κ2) is 9.86. The van der Waals surface area contributed by atoms with Crippen molar-refractivity contribution in [2.24, 2.45) is 0 Å². The van der Waals surface area contributed by atoms with Gasteiger partial charge in [0.1, 0.15) is 0 Å². The van der Waals surface area contributed by atoms with E-state index < -0.39 is 10.8 Å². The van der Waals surface area contributed by atoms with Crippen LogP contribution in [-0.4, -0.2) is 15.5 Å². The summed E-state index contributed by atoms with van der Waals surface area (Å²) in [5, 5.41) is 3.24. The van der Waals surface area contributed by atoms with Gasteiger partial charge in [0.05, 0.1) is 22.1 Å². The zero-order chi connectivity index (χ0) is 19.8. The topological polar surface area (TPSA) is 29.1 Å². The van der Waals surface area contributed by atoms with Gasteiger partial charge in [-0.2, -0.15) is 0 Å². The Kier molecular flexibility index (Phi) is 6.99. The molecule has 0 saturated carbocycles. The number of aryl methyl sites for hydroxylation is 1. The fourth-order valence-electron chi connectivity index (χ4n) is 2.94. The number of anilines is 1. The molecule has 0 aliphatic heterocycles. The molecule has 3 aromatic carbocycles. The van der Waals surface area contributed by atoms with Gasteiger partial charge in [-0.1, -0.05) is 84.5 Å². The molecule has 0 saturated heterocycles. The van der Waals surface area contributed by atoms with Crippen LogP contribution in [0.25, 0.3) is 6.08 Å². The average molecular weight is 388 g/mol. The third-order valence-electron chi connectivity index (χ3n) is 4.49. The second-order valence-electron chi connectivity index (χ2n) is 6.62. The molecule has 142 valence electrons. The van der Waals surface area contributed by atoms with E-state index in [0.29, 0.717) is 0 Å². The van der Waals surface area contributed by atoms with Crippen molar-refractivity contribution in [2.75, 3.05) is 5.32 Å². The predicted molar refractivity (Wildman–Crippen MR) is 121 cm³/mol. The van der Waals surface area contributed by atoms with Gasteiger partial charge in [0.25, 0.3) is 0 Å². The van der Waals surface area contributed by atoms with Crippen LogP contribution < -0.4 is 5.32 Å². The van der Waals surface area contributed by atoms with Crippen LogP contribution in [0.2, 0.25) is 0 Å². The molecule has 0 amide bonds. The minimum absolute atomic E-state index is 0.165. The molecular formula is C25H25NOS. The maximum absolute atomic E-state index is 13.3. The van der Waals surface area contributed by atoms with Gasteiger partial charge >= 0.3 is 0 Å². The van der Waals surface area contributed by atoms with Crippen LogP contribution in [0.1, 0.15) is 11.1 Å². The van der Waals surface area contributed by atoms with E-state index in [9.17, 15) is 4.21 Å². The quantitative estimate of drug-likeness (QED) is 0.491. The van der Waals surface area contributed by atoms with Gasteiger partial charge in [-0.25, -0.2) is 0 Å². The summed E-state index contributed by atoms with van der Waals surface area (Å²) in [6.45, 7) is 6.00. The Labute approximate surface area is 170 Å². The van der Waals surface area contributed by atoms with Gasteiger partial charge in [0.15, 0.2) is 0 Å². The lowest BCUT2D eigenvalue weighted by atomic mass is 10.1. The average Bonchev–Trinajstić information content (AvgIpc) is 2.74. The first-order chi connectivity index (χ1) is 13.7. The third kappa shape index (κ3) is 5.30. The normalized spacial score (nSPS) is 14.3. The zero-order valence-electron chi connectivity index (χ0n) is 16.0. The highest BCUT2D eigenvalue weighted by atomic mass is 32.2. The summed E-state index contributed by atoms with van der Waals surface area (Å²) in [4.78, 5) is 0.809. The zero-order valence-corrected chi connectivity index (χ0v) is 16.8. The summed E-state index contributed by atoms with van der Waals surface area (Å²) < 4.78 is 13.3. The molecule has 3 heteroatoms. The molecule has 0 fully saturated rings. The molecule has 3 rings (SSSR count). The largest absolute Gasteiger partial charge is 0.377 e. The van der Waals surface area contributed by atoms with Crippen molar-refractivity contribution in [1.82, 2.24) is 0 Å². The summed E-state index contributed by atoms with van der Waals surface area (Å²) >= 11 is 0. The van der Waals surface area contributed by atoms with E-state index >= 15 is 0 Å². The number of hydrogen-bond acceptors (Lipinski definition) is 2. The first-order valence-electron chi connectivity index (χ1n) is 9.32. The van der Waals surface area contributed by atoms with Gasteiger partial charge in [0, 0.05) is 10.6 Å². The first kappa shape index (κ1) is 19.8. The van der Waals surface area contributed by atoms with E-state index in [1.165, 1.54) is 0 Å². The number of benzene rings is 3. The Morgan fingerprint density at radius 2 is 1.50 bits per heavy atom. The molecule has 1 N–H and O–H groups in total.